The standard InChI is InChI=1S/C18H13N5O2/c19-9-13-3-1-2-4-16(13)23-18(25)14(10-20)11-22-15-7-5-12(6-8-15)17(21)24/h1-8,11,22H,(H2,21,24)(H,23,25)/b14-11-. The first-order valence-corrected chi connectivity index (χ1v) is 7.12. The van der Waals surface area contributed by atoms with Gasteiger partial charge >= 0.3 is 0 Å². The molecule has 0 aliphatic carbocycles. The Morgan fingerprint density at radius 2 is 1.72 bits per heavy atom. The highest BCUT2D eigenvalue weighted by Crippen LogP contribution is 2.15. The van der Waals surface area contributed by atoms with Gasteiger partial charge in [0.25, 0.3) is 5.91 Å². The van der Waals surface area contributed by atoms with Crippen LogP contribution in [0, 0.1) is 22.7 Å². The summed E-state index contributed by atoms with van der Waals surface area (Å²) in [5.74, 6) is -1.19. The molecule has 2 rings (SSSR count). The summed E-state index contributed by atoms with van der Waals surface area (Å²) in [5, 5.41) is 23.5. The van der Waals surface area contributed by atoms with Crippen molar-refractivity contribution in [2.45, 2.75) is 0 Å². The second-order valence-corrected chi connectivity index (χ2v) is 4.87. The van der Waals surface area contributed by atoms with Gasteiger partial charge in [-0.3, -0.25) is 9.59 Å². The first kappa shape index (κ1) is 17.3. The van der Waals surface area contributed by atoms with Crippen molar-refractivity contribution in [1.82, 2.24) is 0 Å². The number of anilines is 2. The smallest absolute Gasteiger partial charge is 0.267 e. The van der Waals surface area contributed by atoms with Crippen LogP contribution in [0.2, 0.25) is 0 Å². The summed E-state index contributed by atoms with van der Waals surface area (Å²) < 4.78 is 0. The Bertz CT molecular complexity index is 918. The zero-order valence-corrected chi connectivity index (χ0v) is 13.0. The molecule has 0 fully saturated rings. The molecule has 0 aromatic heterocycles. The summed E-state index contributed by atoms with van der Waals surface area (Å²) in [5.41, 5.74) is 6.52. The van der Waals surface area contributed by atoms with Gasteiger partial charge in [-0.1, -0.05) is 12.1 Å². The highest BCUT2D eigenvalue weighted by molar-refractivity contribution is 6.07. The molecule has 25 heavy (non-hydrogen) atoms. The number of benzene rings is 2. The molecule has 0 aliphatic rings. The number of hydrogen-bond donors (Lipinski definition) is 3. The first-order valence-electron chi connectivity index (χ1n) is 7.12. The van der Waals surface area contributed by atoms with Crippen LogP contribution >= 0.6 is 0 Å². The Kier molecular flexibility index (Phi) is 5.49. The molecule has 2 aromatic carbocycles. The van der Waals surface area contributed by atoms with E-state index in [0.29, 0.717) is 22.5 Å². The van der Waals surface area contributed by atoms with Crippen LogP contribution in [-0.2, 0) is 4.79 Å². The van der Waals surface area contributed by atoms with Crippen molar-refractivity contribution in [1.29, 1.82) is 10.5 Å². The molecule has 7 heteroatoms. The lowest BCUT2D eigenvalue weighted by atomic mass is 10.2. The SMILES string of the molecule is N#C/C(=C/Nc1ccc(C(N)=O)cc1)C(=O)Nc1ccccc1C#N. The van der Waals surface area contributed by atoms with Gasteiger partial charge in [0.05, 0.1) is 11.3 Å². The minimum atomic E-state index is -0.647. The van der Waals surface area contributed by atoms with E-state index in [1.165, 1.54) is 18.3 Å². The van der Waals surface area contributed by atoms with Crippen LogP contribution in [0.3, 0.4) is 0 Å². The fraction of sp³-hybridized carbons (Fsp3) is 0. The topological polar surface area (TPSA) is 132 Å². The zero-order valence-electron chi connectivity index (χ0n) is 13.0. The van der Waals surface area contributed by atoms with Crippen molar-refractivity contribution in [2.24, 2.45) is 5.73 Å². The predicted molar refractivity (Wildman–Crippen MR) is 92.1 cm³/mol. The number of carbonyl (C=O) groups excluding carboxylic acids is 2. The van der Waals surface area contributed by atoms with Crippen molar-refractivity contribution in [2.75, 3.05) is 10.6 Å². The molecule has 0 radical (unpaired) electrons. The number of carbonyl (C=O) groups is 2. The molecule has 122 valence electrons. The second kappa shape index (κ2) is 7.95. The number of hydrogen-bond acceptors (Lipinski definition) is 5. The van der Waals surface area contributed by atoms with E-state index < -0.39 is 11.8 Å². The Morgan fingerprint density at radius 3 is 2.32 bits per heavy atom. The van der Waals surface area contributed by atoms with E-state index in [-0.39, 0.29) is 5.57 Å². The fourth-order valence-corrected chi connectivity index (χ4v) is 1.91. The molecule has 2 amide bonds. The average Bonchev–Trinajstić information content (AvgIpc) is 2.63. The highest BCUT2D eigenvalue weighted by atomic mass is 16.2. The molecule has 7 nitrogen and oxygen atoms in total. The fourth-order valence-electron chi connectivity index (χ4n) is 1.91. The Labute approximate surface area is 144 Å². The molecular weight excluding hydrogens is 318 g/mol. The molecule has 0 aliphatic heterocycles. The van der Waals surface area contributed by atoms with Gasteiger partial charge in [0.2, 0.25) is 5.91 Å². The van der Waals surface area contributed by atoms with Crippen LogP contribution < -0.4 is 16.4 Å². The number of nitriles is 2. The first-order chi connectivity index (χ1) is 12.0. The maximum absolute atomic E-state index is 12.2. The summed E-state index contributed by atoms with van der Waals surface area (Å²) in [7, 11) is 0. The lowest BCUT2D eigenvalue weighted by Crippen LogP contribution is -2.15. The summed E-state index contributed by atoms with van der Waals surface area (Å²) in [6, 6.07) is 16.5. The zero-order chi connectivity index (χ0) is 18.2. The van der Waals surface area contributed by atoms with Gasteiger partial charge in [0, 0.05) is 17.5 Å². The van der Waals surface area contributed by atoms with E-state index in [4.69, 9.17) is 16.3 Å². The lowest BCUT2D eigenvalue weighted by Gasteiger charge is -2.06. The van der Waals surface area contributed by atoms with Crippen LogP contribution in [0.5, 0.6) is 0 Å². The Balaban J connectivity index is 2.11. The number of amides is 2. The average molecular weight is 331 g/mol. The molecule has 0 spiro atoms. The molecule has 0 saturated heterocycles. The van der Waals surface area contributed by atoms with Crippen molar-refractivity contribution in [3.05, 3.63) is 71.4 Å². The summed E-state index contributed by atoms with van der Waals surface area (Å²) in [4.78, 5) is 23.2. The van der Waals surface area contributed by atoms with E-state index in [0.717, 1.165) is 0 Å². The minimum Gasteiger partial charge on any atom is -0.366 e. The van der Waals surface area contributed by atoms with Gasteiger partial charge in [-0.05, 0) is 36.4 Å². The second-order valence-electron chi connectivity index (χ2n) is 4.87. The molecule has 0 unspecified atom stereocenters. The van der Waals surface area contributed by atoms with Crippen molar-refractivity contribution >= 4 is 23.2 Å². The van der Waals surface area contributed by atoms with Crippen molar-refractivity contribution < 1.29 is 9.59 Å². The van der Waals surface area contributed by atoms with Crippen LogP contribution in [0.1, 0.15) is 15.9 Å². The third kappa shape index (κ3) is 4.44. The molecule has 0 heterocycles. The van der Waals surface area contributed by atoms with Gasteiger partial charge in [-0.2, -0.15) is 10.5 Å². The van der Waals surface area contributed by atoms with Gasteiger partial charge in [-0.15, -0.1) is 0 Å². The van der Waals surface area contributed by atoms with E-state index >= 15 is 0 Å². The van der Waals surface area contributed by atoms with Crippen molar-refractivity contribution in [3.63, 3.8) is 0 Å². The monoisotopic (exact) mass is 331 g/mol. The number of nitrogens with one attached hydrogen (secondary N) is 2. The van der Waals surface area contributed by atoms with Crippen LogP contribution in [0.25, 0.3) is 0 Å². The molecule has 2 aromatic rings. The molecule has 4 N–H and O–H groups in total. The summed E-state index contributed by atoms with van der Waals surface area (Å²) >= 11 is 0. The molecule has 0 saturated carbocycles. The summed E-state index contributed by atoms with van der Waals surface area (Å²) in [6.45, 7) is 0. The largest absolute Gasteiger partial charge is 0.366 e. The maximum atomic E-state index is 12.2. The van der Waals surface area contributed by atoms with Crippen LogP contribution in [0.4, 0.5) is 11.4 Å². The van der Waals surface area contributed by atoms with Crippen molar-refractivity contribution in [3.8, 4) is 12.1 Å². The molecular formula is C18H13N5O2. The third-order valence-electron chi connectivity index (χ3n) is 3.21. The van der Waals surface area contributed by atoms with E-state index in [2.05, 4.69) is 10.6 Å². The molecule has 0 bridgehead atoms. The van der Waals surface area contributed by atoms with Crippen LogP contribution in [0.15, 0.2) is 60.3 Å². The number of primary amides is 1. The van der Waals surface area contributed by atoms with Gasteiger partial charge in [0.1, 0.15) is 17.7 Å². The Hall–Kier alpha value is -4.10. The number of para-hydroxylation sites is 1. The predicted octanol–water partition coefficient (Wildman–Crippen LogP) is 2.12. The number of rotatable bonds is 5. The van der Waals surface area contributed by atoms with Gasteiger partial charge in [0.15, 0.2) is 0 Å². The quantitative estimate of drug-likeness (QED) is 0.570. The van der Waals surface area contributed by atoms with E-state index in [9.17, 15) is 9.59 Å². The normalized spacial score (nSPS) is 10.2. The minimum absolute atomic E-state index is 0.174. The Morgan fingerprint density at radius 1 is 1.04 bits per heavy atom. The maximum Gasteiger partial charge on any atom is 0.267 e. The van der Waals surface area contributed by atoms with Gasteiger partial charge < -0.3 is 16.4 Å². The highest BCUT2D eigenvalue weighted by Gasteiger charge is 2.11. The van der Waals surface area contributed by atoms with E-state index in [1.807, 2.05) is 6.07 Å². The molecule has 0 atom stereocenters. The summed E-state index contributed by atoms with van der Waals surface area (Å²) in [6.07, 6.45) is 1.24. The van der Waals surface area contributed by atoms with Gasteiger partial charge in [-0.25, -0.2) is 0 Å². The third-order valence-corrected chi connectivity index (χ3v) is 3.21. The lowest BCUT2D eigenvalue weighted by molar-refractivity contribution is -0.112. The van der Waals surface area contributed by atoms with Crippen LogP contribution in [-0.4, -0.2) is 11.8 Å². The number of nitrogens with zero attached hydrogens (tertiary/aromatic N) is 2. The number of nitrogens with two attached hydrogens (primary N) is 1. The van der Waals surface area contributed by atoms with E-state index in [1.54, 1.807) is 42.5 Å².